The molecule has 1 saturated heterocycles. The van der Waals surface area contributed by atoms with Crippen molar-refractivity contribution >= 4 is 5.96 Å². The Kier molecular flexibility index (Phi) is 6.60. The predicted molar refractivity (Wildman–Crippen MR) is 86.4 cm³/mol. The third kappa shape index (κ3) is 5.42. The Morgan fingerprint density at radius 2 is 2.33 bits per heavy atom. The van der Waals surface area contributed by atoms with Gasteiger partial charge in [-0.15, -0.1) is 0 Å². The third-order valence-corrected chi connectivity index (χ3v) is 3.79. The molecular weight excluding hydrogens is 264 g/mol. The molecule has 118 valence electrons. The quantitative estimate of drug-likeness (QED) is 0.597. The van der Waals surface area contributed by atoms with E-state index in [0.29, 0.717) is 6.54 Å². The molecule has 1 atom stereocenters. The standard InChI is InChI=1S/C16H28N4O/c1-3-8-20-9-7-14(13-20)11-18-16(17-4-2)19-12-15-6-5-10-21-15/h5-6,10,14H,3-4,7-9,11-13H2,1-2H3,(H2,17,18,19). The molecule has 2 N–H and O–H groups in total. The largest absolute Gasteiger partial charge is 0.467 e. The summed E-state index contributed by atoms with van der Waals surface area (Å²) in [6.07, 6.45) is 4.21. The number of nitrogens with zero attached hydrogens (tertiary/aromatic N) is 2. The molecule has 0 saturated carbocycles. The van der Waals surface area contributed by atoms with Crippen LogP contribution >= 0.6 is 0 Å². The van der Waals surface area contributed by atoms with Crippen LogP contribution in [-0.2, 0) is 6.54 Å². The van der Waals surface area contributed by atoms with Gasteiger partial charge in [-0.1, -0.05) is 6.92 Å². The molecule has 0 bridgehead atoms. The topological polar surface area (TPSA) is 52.8 Å². The predicted octanol–water partition coefficient (Wildman–Crippen LogP) is 2.07. The normalized spacial score (nSPS) is 19.9. The first-order valence-electron chi connectivity index (χ1n) is 8.08. The molecule has 1 aliphatic heterocycles. The van der Waals surface area contributed by atoms with Gasteiger partial charge in [-0.05, 0) is 50.9 Å². The van der Waals surface area contributed by atoms with E-state index in [-0.39, 0.29) is 0 Å². The minimum Gasteiger partial charge on any atom is -0.467 e. The molecule has 5 heteroatoms. The molecule has 0 aromatic carbocycles. The van der Waals surface area contributed by atoms with Crippen molar-refractivity contribution in [1.82, 2.24) is 15.5 Å². The third-order valence-electron chi connectivity index (χ3n) is 3.79. The summed E-state index contributed by atoms with van der Waals surface area (Å²) in [5, 5.41) is 6.75. The maximum Gasteiger partial charge on any atom is 0.191 e. The SMILES string of the molecule is CCCN1CCC(CNC(=NCc2ccco2)NCC)C1. The highest BCUT2D eigenvalue weighted by molar-refractivity contribution is 5.79. The van der Waals surface area contributed by atoms with Gasteiger partial charge in [0.15, 0.2) is 5.96 Å². The number of guanidine groups is 1. The summed E-state index contributed by atoms with van der Waals surface area (Å²) in [7, 11) is 0. The smallest absolute Gasteiger partial charge is 0.191 e. The van der Waals surface area contributed by atoms with Crippen LogP contribution in [0.5, 0.6) is 0 Å². The summed E-state index contributed by atoms with van der Waals surface area (Å²) in [6, 6.07) is 3.85. The van der Waals surface area contributed by atoms with Crippen LogP contribution in [0.15, 0.2) is 27.8 Å². The second-order valence-corrected chi connectivity index (χ2v) is 5.61. The van der Waals surface area contributed by atoms with Crippen molar-refractivity contribution in [3.63, 3.8) is 0 Å². The fraction of sp³-hybridized carbons (Fsp3) is 0.688. The maximum absolute atomic E-state index is 5.31. The summed E-state index contributed by atoms with van der Waals surface area (Å²) in [4.78, 5) is 7.11. The Balaban J connectivity index is 1.76. The van der Waals surface area contributed by atoms with Gasteiger partial charge in [0.1, 0.15) is 12.3 Å². The van der Waals surface area contributed by atoms with Gasteiger partial charge in [0.25, 0.3) is 0 Å². The number of hydrogen-bond donors (Lipinski definition) is 2. The zero-order valence-corrected chi connectivity index (χ0v) is 13.3. The Bertz CT molecular complexity index is 416. The summed E-state index contributed by atoms with van der Waals surface area (Å²) >= 11 is 0. The van der Waals surface area contributed by atoms with E-state index in [1.54, 1.807) is 6.26 Å². The van der Waals surface area contributed by atoms with Gasteiger partial charge in [0.2, 0.25) is 0 Å². The first-order chi connectivity index (χ1) is 10.3. The van der Waals surface area contributed by atoms with Crippen molar-refractivity contribution in [2.45, 2.75) is 33.2 Å². The number of furan rings is 1. The minimum atomic E-state index is 0.578. The van der Waals surface area contributed by atoms with E-state index in [2.05, 4.69) is 34.4 Å². The zero-order valence-electron chi connectivity index (χ0n) is 13.3. The van der Waals surface area contributed by atoms with Crippen LogP contribution in [-0.4, -0.2) is 43.6 Å². The Labute approximate surface area is 127 Å². The lowest BCUT2D eigenvalue weighted by atomic mass is 10.1. The van der Waals surface area contributed by atoms with Gasteiger partial charge in [0.05, 0.1) is 6.26 Å². The number of nitrogens with one attached hydrogen (secondary N) is 2. The van der Waals surface area contributed by atoms with E-state index in [0.717, 1.165) is 30.7 Å². The van der Waals surface area contributed by atoms with E-state index >= 15 is 0 Å². The average molecular weight is 292 g/mol. The number of aliphatic imine (C=N–C) groups is 1. The van der Waals surface area contributed by atoms with Gasteiger partial charge >= 0.3 is 0 Å². The van der Waals surface area contributed by atoms with Crippen LogP contribution in [0.1, 0.15) is 32.4 Å². The average Bonchev–Trinajstić information content (AvgIpc) is 3.14. The van der Waals surface area contributed by atoms with Crippen LogP contribution < -0.4 is 10.6 Å². The molecule has 2 rings (SSSR count). The summed E-state index contributed by atoms with van der Waals surface area (Å²) in [5.74, 6) is 2.49. The highest BCUT2D eigenvalue weighted by Gasteiger charge is 2.21. The molecule has 0 amide bonds. The van der Waals surface area contributed by atoms with E-state index in [1.165, 1.54) is 32.5 Å². The van der Waals surface area contributed by atoms with Crippen molar-refractivity contribution in [1.29, 1.82) is 0 Å². The van der Waals surface area contributed by atoms with E-state index < -0.39 is 0 Å². The molecule has 0 radical (unpaired) electrons. The number of likely N-dealkylation sites (tertiary alicyclic amines) is 1. The van der Waals surface area contributed by atoms with Crippen LogP contribution in [0.4, 0.5) is 0 Å². The van der Waals surface area contributed by atoms with Crippen molar-refractivity contribution in [2.75, 3.05) is 32.7 Å². The molecule has 0 spiro atoms. The van der Waals surface area contributed by atoms with E-state index in [9.17, 15) is 0 Å². The Morgan fingerprint density at radius 3 is 3.05 bits per heavy atom. The molecule has 21 heavy (non-hydrogen) atoms. The van der Waals surface area contributed by atoms with Crippen LogP contribution in [0, 0.1) is 5.92 Å². The van der Waals surface area contributed by atoms with Crippen LogP contribution in [0.3, 0.4) is 0 Å². The van der Waals surface area contributed by atoms with Gasteiger partial charge in [-0.25, -0.2) is 4.99 Å². The van der Waals surface area contributed by atoms with Gasteiger partial charge in [-0.2, -0.15) is 0 Å². The molecule has 0 aliphatic carbocycles. The molecule has 1 aliphatic rings. The molecule has 1 fully saturated rings. The highest BCUT2D eigenvalue weighted by Crippen LogP contribution is 2.15. The summed E-state index contributed by atoms with van der Waals surface area (Å²) in [5.41, 5.74) is 0. The minimum absolute atomic E-state index is 0.578. The number of rotatable bonds is 7. The molecule has 1 aromatic rings. The van der Waals surface area contributed by atoms with Crippen molar-refractivity contribution in [3.8, 4) is 0 Å². The van der Waals surface area contributed by atoms with Crippen LogP contribution in [0.25, 0.3) is 0 Å². The van der Waals surface area contributed by atoms with Gasteiger partial charge in [0, 0.05) is 19.6 Å². The fourth-order valence-corrected chi connectivity index (χ4v) is 2.74. The molecule has 1 aromatic heterocycles. The summed E-state index contributed by atoms with van der Waals surface area (Å²) < 4.78 is 5.31. The lowest BCUT2D eigenvalue weighted by molar-refractivity contribution is 0.324. The lowest BCUT2D eigenvalue weighted by Gasteiger charge is -2.16. The summed E-state index contributed by atoms with van der Waals surface area (Å²) in [6.45, 7) is 10.4. The van der Waals surface area contributed by atoms with Crippen LogP contribution in [0.2, 0.25) is 0 Å². The Morgan fingerprint density at radius 1 is 1.43 bits per heavy atom. The molecule has 5 nitrogen and oxygen atoms in total. The lowest BCUT2D eigenvalue weighted by Crippen LogP contribution is -2.40. The van der Waals surface area contributed by atoms with Gasteiger partial charge in [-0.3, -0.25) is 0 Å². The Hall–Kier alpha value is -1.49. The van der Waals surface area contributed by atoms with Crippen molar-refractivity contribution < 1.29 is 4.42 Å². The molecular formula is C16H28N4O. The number of hydrogen-bond acceptors (Lipinski definition) is 3. The van der Waals surface area contributed by atoms with E-state index in [4.69, 9.17) is 4.42 Å². The zero-order chi connectivity index (χ0) is 14.9. The first kappa shape index (κ1) is 15.9. The van der Waals surface area contributed by atoms with Gasteiger partial charge < -0.3 is 20.0 Å². The molecule has 1 unspecified atom stereocenters. The first-order valence-corrected chi connectivity index (χ1v) is 8.08. The van der Waals surface area contributed by atoms with Crippen molar-refractivity contribution in [3.05, 3.63) is 24.2 Å². The fourth-order valence-electron chi connectivity index (χ4n) is 2.74. The van der Waals surface area contributed by atoms with E-state index in [1.807, 2.05) is 12.1 Å². The van der Waals surface area contributed by atoms with Crippen molar-refractivity contribution in [2.24, 2.45) is 10.9 Å². The highest BCUT2D eigenvalue weighted by atomic mass is 16.3. The maximum atomic E-state index is 5.31. The second kappa shape index (κ2) is 8.72. The molecule has 2 heterocycles. The monoisotopic (exact) mass is 292 g/mol. The second-order valence-electron chi connectivity index (χ2n) is 5.61.